The minimum atomic E-state index is -0.828. The fourth-order valence-corrected chi connectivity index (χ4v) is 1.97. The van der Waals surface area contributed by atoms with Crippen molar-refractivity contribution in [2.24, 2.45) is 0 Å². The number of carbonyl (C=O) groups excluding carboxylic acids is 2. The molecule has 0 aliphatic carbocycles. The van der Waals surface area contributed by atoms with Crippen LogP contribution in [0.4, 0.5) is 8.78 Å². The van der Waals surface area contributed by atoms with Crippen LogP contribution in [0.1, 0.15) is 20.7 Å². The van der Waals surface area contributed by atoms with Crippen LogP contribution in [0.25, 0.3) is 0 Å². The van der Waals surface area contributed by atoms with Crippen molar-refractivity contribution in [3.8, 4) is 0 Å². The summed E-state index contributed by atoms with van der Waals surface area (Å²) in [6, 6.07) is 8.89. The first kappa shape index (κ1) is 16.9. The summed E-state index contributed by atoms with van der Waals surface area (Å²) in [5.74, 6) is -2.59. The standard InChI is InChI=1S/C16H13ClF2N2O2/c17-12-3-1-10(2-4-12)15(22)20-5-6-21-16(23)11-7-13(18)9-14(19)8-11/h1-4,7-9H,5-6H2,(H,20,22)(H,21,23). The first-order valence-electron chi connectivity index (χ1n) is 6.74. The Morgan fingerprint density at radius 1 is 0.826 bits per heavy atom. The quantitative estimate of drug-likeness (QED) is 0.824. The van der Waals surface area contributed by atoms with Crippen molar-refractivity contribution in [2.45, 2.75) is 0 Å². The van der Waals surface area contributed by atoms with E-state index >= 15 is 0 Å². The molecule has 23 heavy (non-hydrogen) atoms. The Labute approximate surface area is 136 Å². The Balaban J connectivity index is 1.79. The van der Waals surface area contributed by atoms with Crippen LogP contribution in [0.15, 0.2) is 42.5 Å². The van der Waals surface area contributed by atoms with E-state index in [1.165, 1.54) is 0 Å². The fourth-order valence-electron chi connectivity index (χ4n) is 1.84. The molecule has 0 radical (unpaired) electrons. The molecule has 2 rings (SSSR count). The predicted octanol–water partition coefficient (Wildman–Crippen LogP) is 2.78. The number of carbonyl (C=O) groups is 2. The highest BCUT2D eigenvalue weighted by molar-refractivity contribution is 6.30. The van der Waals surface area contributed by atoms with Gasteiger partial charge in [0.2, 0.25) is 0 Å². The molecule has 0 heterocycles. The molecule has 120 valence electrons. The second kappa shape index (κ2) is 7.69. The van der Waals surface area contributed by atoms with Gasteiger partial charge in [0.1, 0.15) is 11.6 Å². The SMILES string of the molecule is O=C(NCCNC(=O)c1cc(F)cc(F)c1)c1ccc(Cl)cc1. The smallest absolute Gasteiger partial charge is 0.251 e. The summed E-state index contributed by atoms with van der Waals surface area (Å²) in [6.45, 7) is 0.293. The largest absolute Gasteiger partial charge is 0.350 e. The molecule has 2 aromatic carbocycles. The highest BCUT2D eigenvalue weighted by atomic mass is 35.5. The monoisotopic (exact) mass is 338 g/mol. The molecule has 0 atom stereocenters. The molecule has 0 aliphatic rings. The molecular weight excluding hydrogens is 326 g/mol. The molecule has 7 heteroatoms. The zero-order valence-electron chi connectivity index (χ0n) is 11.9. The summed E-state index contributed by atoms with van der Waals surface area (Å²) in [5, 5.41) is 5.59. The van der Waals surface area contributed by atoms with Crippen LogP contribution >= 0.6 is 11.6 Å². The highest BCUT2D eigenvalue weighted by Crippen LogP contribution is 2.09. The van der Waals surface area contributed by atoms with Gasteiger partial charge in [0.25, 0.3) is 11.8 Å². The molecule has 0 bridgehead atoms. The lowest BCUT2D eigenvalue weighted by Gasteiger charge is -2.07. The van der Waals surface area contributed by atoms with Crippen molar-refractivity contribution in [1.82, 2.24) is 10.6 Å². The highest BCUT2D eigenvalue weighted by Gasteiger charge is 2.09. The van der Waals surface area contributed by atoms with E-state index in [9.17, 15) is 18.4 Å². The average molecular weight is 339 g/mol. The minimum absolute atomic E-state index is 0.119. The summed E-state index contributed by atoms with van der Waals surface area (Å²) >= 11 is 5.73. The van der Waals surface area contributed by atoms with E-state index in [0.717, 1.165) is 12.1 Å². The number of amides is 2. The Morgan fingerprint density at radius 2 is 1.30 bits per heavy atom. The van der Waals surface area contributed by atoms with E-state index in [4.69, 9.17) is 11.6 Å². The molecule has 2 aromatic rings. The van der Waals surface area contributed by atoms with Gasteiger partial charge in [-0.1, -0.05) is 11.6 Å². The molecular formula is C16H13ClF2N2O2. The van der Waals surface area contributed by atoms with Crippen molar-refractivity contribution in [1.29, 1.82) is 0 Å². The maximum atomic E-state index is 13.0. The average Bonchev–Trinajstić information content (AvgIpc) is 2.50. The Morgan fingerprint density at radius 3 is 1.83 bits per heavy atom. The van der Waals surface area contributed by atoms with Gasteiger partial charge in [0.05, 0.1) is 0 Å². The molecule has 4 nitrogen and oxygen atoms in total. The zero-order chi connectivity index (χ0) is 16.8. The third-order valence-corrected chi connectivity index (χ3v) is 3.18. The molecule has 0 aliphatic heterocycles. The normalized spacial score (nSPS) is 10.2. The number of halogens is 3. The second-order valence-electron chi connectivity index (χ2n) is 4.68. The number of benzene rings is 2. The van der Waals surface area contributed by atoms with Crippen molar-refractivity contribution in [2.75, 3.05) is 13.1 Å². The Hall–Kier alpha value is -2.47. The van der Waals surface area contributed by atoms with Crippen LogP contribution in [0, 0.1) is 11.6 Å². The van der Waals surface area contributed by atoms with Crippen LogP contribution in [-0.4, -0.2) is 24.9 Å². The number of hydrogen-bond donors (Lipinski definition) is 2. The minimum Gasteiger partial charge on any atom is -0.350 e. The first-order valence-corrected chi connectivity index (χ1v) is 7.11. The van der Waals surface area contributed by atoms with Crippen molar-refractivity contribution >= 4 is 23.4 Å². The van der Waals surface area contributed by atoms with Crippen LogP contribution in [-0.2, 0) is 0 Å². The van der Waals surface area contributed by atoms with Gasteiger partial charge in [-0.15, -0.1) is 0 Å². The lowest BCUT2D eigenvalue weighted by Crippen LogP contribution is -2.34. The van der Waals surface area contributed by atoms with Gasteiger partial charge in [-0.05, 0) is 36.4 Å². The Bertz CT molecular complexity index is 700. The number of nitrogens with one attached hydrogen (secondary N) is 2. The van der Waals surface area contributed by atoms with Gasteiger partial charge < -0.3 is 10.6 Å². The van der Waals surface area contributed by atoms with Crippen molar-refractivity contribution < 1.29 is 18.4 Å². The van der Waals surface area contributed by atoms with Gasteiger partial charge in [-0.3, -0.25) is 9.59 Å². The van der Waals surface area contributed by atoms with E-state index in [-0.39, 0.29) is 24.6 Å². The molecule has 0 spiro atoms. The number of hydrogen-bond acceptors (Lipinski definition) is 2. The van der Waals surface area contributed by atoms with Gasteiger partial charge in [-0.25, -0.2) is 8.78 Å². The third-order valence-electron chi connectivity index (χ3n) is 2.93. The van der Waals surface area contributed by atoms with Gasteiger partial charge >= 0.3 is 0 Å². The van der Waals surface area contributed by atoms with E-state index in [2.05, 4.69) is 10.6 Å². The molecule has 0 fully saturated rings. The van der Waals surface area contributed by atoms with E-state index in [1.807, 2.05) is 0 Å². The summed E-state index contributed by atoms with van der Waals surface area (Å²) in [6.07, 6.45) is 0. The third kappa shape index (κ3) is 5.03. The molecule has 0 saturated carbocycles. The van der Waals surface area contributed by atoms with Crippen LogP contribution < -0.4 is 10.6 Å². The van der Waals surface area contributed by atoms with Gasteiger partial charge in [-0.2, -0.15) is 0 Å². The molecule has 0 aromatic heterocycles. The van der Waals surface area contributed by atoms with Crippen molar-refractivity contribution in [3.05, 3.63) is 70.2 Å². The van der Waals surface area contributed by atoms with E-state index in [0.29, 0.717) is 16.7 Å². The van der Waals surface area contributed by atoms with Crippen LogP contribution in [0.2, 0.25) is 5.02 Å². The van der Waals surface area contributed by atoms with Crippen LogP contribution in [0.5, 0.6) is 0 Å². The summed E-state index contributed by atoms with van der Waals surface area (Å²) in [7, 11) is 0. The summed E-state index contributed by atoms with van der Waals surface area (Å²) in [4.78, 5) is 23.5. The van der Waals surface area contributed by atoms with Crippen LogP contribution in [0.3, 0.4) is 0 Å². The number of rotatable bonds is 5. The van der Waals surface area contributed by atoms with Gasteiger partial charge in [0.15, 0.2) is 0 Å². The predicted molar refractivity (Wildman–Crippen MR) is 82.5 cm³/mol. The van der Waals surface area contributed by atoms with Crippen molar-refractivity contribution in [3.63, 3.8) is 0 Å². The molecule has 2 N–H and O–H groups in total. The first-order chi connectivity index (χ1) is 11.0. The lowest BCUT2D eigenvalue weighted by molar-refractivity contribution is 0.0927. The molecule has 0 saturated heterocycles. The fraction of sp³-hybridized carbons (Fsp3) is 0.125. The summed E-state index contributed by atoms with van der Waals surface area (Å²) < 4.78 is 26.0. The van der Waals surface area contributed by atoms with E-state index in [1.54, 1.807) is 24.3 Å². The Kier molecular flexibility index (Phi) is 5.65. The second-order valence-corrected chi connectivity index (χ2v) is 5.11. The summed E-state index contributed by atoms with van der Waals surface area (Å²) in [5.41, 5.74) is 0.319. The zero-order valence-corrected chi connectivity index (χ0v) is 12.7. The molecule has 0 unspecified atom stereocenters. The maximum Gasteiger partial charge on any atom is 0.251 e. The van der Waals surface area contributed by atoms with E-state index < -0.39 is 17.5 Å². The van der Waals surface area contributed by atoms with Gasteiger partial charge in [0, 0.05) is 35.3 Å². The maximum absolute atomic E-state index is 13.0. The molecule has 2 amide bonds. The topological polar surface area (TPSA) is 58.2 Å². The lowest BCUT2D eigenvalue weighted by atomic mass is 10.2.